The Balaban J connectivity index is 1.95. The van der Waals surface area contributed by atoms with Gasteiger partial charge in [0.2, 0.25) is 5.95 Å². The second-order valence-electron chi connectivity index (χ2n) is 6.77. The largest absolute Gasteiger partial charge is 0.593 e. The van der Waals surface area contributed by atoms with E-state index in [9.17, 15) is 19.2 Å². The predicted molar refractivity (Wildman–Crippen MR) is 109 cm³/mol. The molecule has 29 heavy (non-hydrogen) atoms. The van der Waals surface area contributed by atoms with Gasteiger partial charge in [-0.3, -0.25) is 0 Å². The highest BCUT2D eigenvalue weighted by Gasteiger charge is 2.30. The van der Waals surface area contributed by atoms with Gasteiger partial charge < -0.3 is 20.5 Å². The first-order valence-corrected chi connectivity index (χ1v) is 9.90. The Morgan fingerprint density at radius 2 is 1.72 bits per heavy atom. The highest BCUT2D eigenvalue weighted by atomic mass is 32.2. The summed E-state index contributed by atoms with van der Waals surface area (Å²) in [4.78, 5) is 8.16. The van der Waals surface area contributed by atoms with Gasteiger partial charge in [0.05, 0.1) is 24.6 Å². The molecule has 0 radical (unpaired) electrons. The number of anilines is 1. The molecule has 1 heterocycles. The van der Waals surface area contributed by atoms with Gasteiger partial charge in [-0.15, -0.1) is 4.72 Å². The first-order valence-electron chi connectivity index (χ1n) is 8.75. The van der Waals surface area contributed by atoms with E-state index in [1.807, 2.05) is 0 Å². The molecule has 9 heteroatoms. The van der Waals surface area contributed by atoms with Crippen molar-refractivity contribution < 1.29 is 19.2 Å². The molecule has 0 bridgehead atoms. The number of rotatable bonds is 7. The molecule has 0 amide bonds. The lowest BCUT2D eigenvalue weighted by atomic mass is 10.0. The van der Waals surface area contributed by atoms with Crippen LogP contribution in [0.5, 0.6) is 0 Å². The highest BCUT2D eigenvalue weighted by molar-refractivity contribution is 7.89. The van der Waals surface area contributed by atoms with Crippen molar-refractivity contribution in [2.24, 2.45) is 0 Å². The van der Waals surface area contributed by atoms with Gasteiger partial charge in [-0.05, 0) is 30.7 Å². The standard InChI is InChI=1S/C20H21FN4O3S/c1-20(11-26,12-27)25-29(28)18-5-3-2-4-16(18)13-6-7-15(17(21)8-13)14-9-23-19(22)24-10-14/h2-10,25-27H,11-12H2,1H3,(H2,22,23,24). The molecule has 0 spiro atoms. The summed E-state index contributed by atoms with van der Waals surface area (Å²) in [7, 11) is 0. The summed E-state index contributed by atoms with van der Waals surface area (Å²) in [6.07, 6.45) is 2.88. The van der Waals surface area contributed by atoms with Crippen LogP contribution in [0, 0.1) is 5.82 Å². The third-order valence-corrected chi connectivity index (χ3v) is 5.82. The van der Waals surface area contributed by atoms with E-state index in [1.54, 1.807) is 43.3 Å². The summed E-state index contributed by atoms with van der Waals surface area (Å²) < 4.78 is 30.4. The average molecular weight is 416 g/mol. The maximum Gasteiger partial charge on any atom is 0.219 e. The SMILES string of the molecule is CC(CO)(CO)N[S+]([O-])c1ccccc1-c1ccc(-c2cnc(N)nc2)c(F)c1. The van der Waals surface area contributed by atoms with Gasteiger partial charge in [-0.1, -0.05) is 24.3 Å². The molecule has 0 fully saturated rings. The Hall–Kier alpha value is -2.56. The average Bonchev–Trinajstić information content (AvgIpc) is 2.74. The number of halogens is 1. The van der Waals surface area contributed by atoms with E-state index in [4.69, 9.17) is 5.73 Å². The minimum atomic E-state index is -1.74. The second-order valence-corrected chi connectivity index (χ2v) is 7.95. The zero-order valence-electron chi connectivity index (χ0n) is 15.7. The summed E-state index contributed by atoms with van der Waals surface area (Å²) in [5.74, 6) is -0.382. The molecule has 0 saturated carbocycles. The lowest BCUT2D eigenvalue weighted by Gasteiger charge is -2.26. The topological polar surface area (TPSA) is 127 Å². The normalized spacial score (nSPS) is 12.7. The second kappa shape index (κ2) is 8.85. The number of hydrogen-bond acceptors (Lipinski definition) is 7. The maximum absolute atomic E-state index is 14.8. The number of aliphatic hydroxyl groups excluding tert-OH is 2. The van der Waals surface area contributed by atoms with E-state index in [-0.39, 0.29) is 5.95 Å². The van der Waals surface area contributed by atoms with Gasteiger partial charge >= 0.3 is 0 Å². The predicted octanol–water partition coefficient (Wildman–Crippen LogP) is 1.89. The van der Waals surface area contributed by atoms with E-state index in [0.29, 0.717) is 27.1 Å². The van der Waals surface area contributed by atoms with Crippen molar-refractivity contribution in [3.63, 3.8) is 0 Å². The molecule has 0 aliphatic heterocycles. The van der Waals surface area contributed by atoms with E-state index >= 15 is 0 Å². The quantitative estimate of drug-likeness (QED) is 0.433. The minimum Gasteiger partial charge on any atom is -0.593 e. The smallest absolute Gasteiger partial charge is 0.219 e. The van der Waals surface area contributed by atoms with Gasteiger partial charge in [-0.2, -0.15) is 0 Å². The van der Waals surface area contributed by atoms with E-state index < -0.39 is 35.9 Å². The van der Waals surface area contributed by atoms with E-state index in [0.717, 1.165) is 0 Å². The van der Waals surface area contributed by atoms with Crippen LogP contribution in [-0.2, 0) is 11.4 Å². The summed E-state index contributed by atoms with van der Waals surface area (Å²) in [6.45, 7) is 0.755. The molecular weight excluding hydrogens is 395 g/mol. The first-order chi connectivity index (χ1) is 13.9. The van der Waals surface area contributed by atoms with Crippen LogP contribution in [0.25, 0.3) is 22.3 Å². The van der Waals surface area contributed by atoms with Crippen LogP contribution in [0.2, 0.25) is 0 Å². The van der Waals surface area contributed by atoms with Gasteiger partial charge in [0.15, 0.2) is 4.90 Å². The summed E-state index contributed by atoms with van der Waals surface area (Å²) in [6, 6.07) is 11.5. The molecule has 7 nitrogen and oxygen atoms in total. The zero-order valence-corrected chi connectivity index (χ0v) is 16.5. The van der Waals surface area contributed by atoms with Crippen LogP contribution in [-0.4, -0.2) is 43.5 Å². The lowest BCUT2D eigenvalue weighted by Crippen LogP contribution is -2.51. The van der Waals surface area contributed by atoms with Crippen LogP contribution >= 0.6 is 0 Å². The minimum absolute atomic E-state index is 0.104. The van der Waals surface area contributed by atoms with Crippen LogP contribution in [0.1, 0.15) is 6.92 Å². The molecule has 152 valence electrons. The number of aromatic nitrogens is 2. The van der Waals surface area contributed by atoms with Gasteiger partial charge in [-0.25, -0.2) is 14.4 Å². The van der Waals surface area contributed by atoms with Crippen molar-refractivity contribution in [2.45, 2.75) is 17.4 Å². The Morgan fingerprint density at radius 1 is 1.07 bits per heavy atom. The fourth-order valence-electron chi connectivity index (χ4n) is 2.65. The van der Waals surface area contributed by atoms with E-state index in [1.165, 1.54) is 18.5 Å². The van der Waals surface area contributed by atoms with Gasteiger partial charge in [0, 0.05) is 29.1 Å². The molecular formula is C20H21FN4O3S. The van der Waals surface area contributed by atoms with Crippen molar-refractivity contribution in [1.82, 2.24) is 14.7 Å². The Morgan fingerprint density at radius 3 is 2.34 bits per heavy atom. The molecule has 0 aliphatic rings. The highest BCUT2D eigenvalue weighted by Crippen LogP contribution is 2.31. The van der Waals surface area contributed by atoms with Crippen molar-refractivity contribution in [3.8, 4) is 22.3 Å². The number of nitrogens with zero attached hydrogens (tertiary/aromatic N) is 2. The number of nitrogen functional groups attached to an aromatic ring is 1. The molecule has 0 aliphatic carbocycles. The molecule has 1 unspecified atom stereocenters. The number of hydrogen-bond donors (Lipinski definition) is 4. The molecule has 3 aromatic rings. The van der Waals surface area contributed by atoms with E-state index in [2.05, 4.69) is 14.7 Å². The Bertz CT molecular complexity index is 984. The molecule has 0 saturated heterocycles. The Kier molecular flexibility index (Phi) is 6.46. The summed E-state index contributed by atoms with van der Waals surface area (Å²) in [5, 5.41) is 18.9. The zero-order chi connectivity index (χ0) is 21.0. The Labute approximate surface area is 170 Å². The number of benzene rings is 2. The van der Waals surface area contributed by atoms with Gasteiger partial charge in [0.1, 0.15) is 11.4 Å². The van der Waals surface area contributed by atoms with Gasteiger partial charge in [0.25, 0.3) is 0 Å². The van der Waals surface area contributed by atoms with Crippen LogP contribution in [0.4, 0.5) is 10.3 Å². The van der Waals surface area contributed by atoms with Crippen molar-refractivity contribution >= 4 is 17.3 Å². The molecule has 1 atom stereocenters. The summed E-state index contributed by atoms with van der Waals surface area (Å²) in [5.41, 5.74) is 6.25. The fourth-order valence-corrected chi connectivity index (χ4v) is 3.93. The third kappa shape index (κ3) is 4.72. The number of nitrogens with two attached hydrogens (primary N) is 1. The van der Waals surface area contributed by atoms with Crippen LogP contribution in [0.15, 0.2) is 59.8 Å². The third-order valence-electron chi connectivity index (χ3n) is 4.39. The number of aliphatic hydroxyl groups is 2. The first kappa shape index (κ1) is 21.2. The van der Waals surface area contributed by atoms with Crippen LogP contribution < -0.4 is 10.5 Å². The van der Waals surface area contributed by atoms with Crippen LogP contribution in [0.3, 0.4) is 0 Å². The molecule has 2 aromatic carbocycles. The van der Waals surface area contributed by atoms with Crippen molar-refractivity contribution in [1.29, 1.82) is 0 Å². The monoisotopic (exact) mass is 416 g/mol. The molecule has 3 rings (SSSR count). The summed E-state index contributed by atoms with van der Waals surface area (Å²) >= 11 is -1.74. The van der Waals surface area contributed by atoms with Crippen molar-refractivity contribution in [2.75, 3.05) is 18.9 Å². The molecule has 5 N–H and O–H groups in total. The number of nitrogens with one attached hydrogen (secondary N) is 1. The fraction of sp³-hybridized carbons (Fsp3) is 0.200. The van der Waals surface area contributed by atoms with Crippen molar-refractivity contribution in [3.05, 3.63) is 60.7 Å². The maximum atomic E-state index is 14.8. The molecule has 1 aromatic heterocycles. The lowest BCUT2D eigenvalue weighted by molar-refractivity contribution is 0.122.